The first-order valence-electron chi connectivity index (χ1n) is 10.2. The van der Waals surface area contributed by atoms with E-state index in [-0.39, 0.29) is 5.91 Å². The standard InChI is InChI=1S/C26H27ClN2O2/c1-4-18-6-5-7-19(14-18)15-24(28)26(30)29-25-13-10-21(27)16-23(25)17(2)20-8-11-22(31-3)12-9-20/h5-14,16,24H,2,4,15,28H2,1,3H3,(H,29,30). The second kappa shape index (κ2) is 10.3. The van der Waals surface area contributed by atoms with E-state index in [9.17, 15) is 4.79 Å². The summed E-state index contributed by atoms with van der Waals surface area (Å²) in [6, 6.07) is 20.3. The molecule has 0 spiro atoms. The summed E-state index contributed by atoms with van der Waals surface area (Å²) in [6.07, 6.45) is 1.40. The molecule has 3 aromatic rings. The SMILES string of the molecule is C=C(c1ccc(OC)cc1)c1cc(Cl)ccc1NC(=O)C(N)Cc1cccc(CC)c1. The minimum Gasteiger partial charge on any atom is -0.497 e. The molecule has 31 heavy (non-hydrogen) atoms. The van der Waals surface area contributed by atoms with Gasteiger partial charge >= 0.3 is 0 Å². The van der Waals surface area contributed by atoms with Crippen molar-refractivity contribution in [2.75, 3.05) is 12.4 Å². The molecule has 0 saturated heterocycles. The maximum atomic E-state index is 12.8. The molecule has 5 heteroatoms. The molecule has 0 aliphatic carbocycles. The molecule has 0 aromatic heterocycles. The van der Waals surface area contributed by atoms with E-state index in [2.05, 4.69) is 31.0 Å². The van der Waals surface area contributed by atoms with Crippen molar-refractivity contribution < 1.29 is 9.53 Å². The van der Waals surface area contributed by atoms with Crippen LogP contribution in [0.5, 0.6) is 5.75 Å². The number of benzene rings is 3. The average Bonchev–Trinajstić information content (AvgIpc) is 2.79. The lowest BCUT2D eigenvalue weighted by Gasteiger charge is -2.17. The van der Waals surface area contributed by atoms with Crippen LogP contribution in [0.25, 0.3) is 5.57 Å². The monoisotopic (exact) mass is 434 g/mol. The van der Waals surface area contributed by atoms with Gasteiger partial charge in [0.05, 0.1) is 13.2 Å². The van der Waals surface area contributed by atoms with Gasteiger partial charge < -0.3 is 15.8 Å². The predicted octanol–water partition coefficient (Wildman–Crippen LogP) is 5.48. The number of methoxy groups -OCH3 is 1. The van der Waals surface area contributed by atoms with Crippen LogP contribution in [0.3, 0.4) is 0 Å². The van der Waals surface area contributed by atoms with Gasteiger partial charge in [0.1, 0.15) is 5.75 Å². The molecule has 0 heterocycles. The van der Waals surface area contributed by atoms with Crippen LogP contribution >= 0.6 is 11.6 Å². The molecule has 3 aromatic carbocycles. The van der Waals surface area contributed by atoms with E-state index in [0.717, 1.165) is 34.4 Å². The number of ether oxygens (including phenoxy) is 1. The van der Waals surface area contributed by atoms with Gasteiger partial charge in [-0.1, -0.05) is 61.5 Å². The third kappa shape index (κ3) is 5.75. The molecule has 0 aliphatic heterocycles. The number of aryl methyl sites for hydroxylation is 1. The van der Waals surface area contributed by atoms with Gasteiger partial charge in [0.15, 0.2) is 0 Å². The zero-order valence-corrected chi connectivity index (χ0v) is 18.6. The molecule has 1 amide bonds. The lowest BCUT2D eigenvalue weighted by atomic mass is 9.97. The first-order chi connectivity index (χ1) is 14.9. The van der Waals surface area contributed by atoms with Crippen LogP contribution in [0, 0.1) is 0 Å². The van der Waals surface area contributed by atoms with Gasteiger partial charge in [-0.25, -0.2) is 0 Å². The topological polar surface area (TPSA) is 64.3 Å². The second-order valence-corrected chi connectivity index (χ2v) is 7.81. The van der Waals surface area contributed by atoms with Gasteiger partial charge in [-0.3, -0.25) is 4.79 Å². The second-order valence-electron chi connectivity index (χ2n) is 7.37. The van der Waals surface area contributed by atoms with Crippen molar-refractivity contribution in [3.8, 4) is 5.75 Å². The quantitative estimate of drug-likeness (QED) is 0.493. The van der Waals surface area contributed by atoms with Crippen molar-refractivity contribution in [1.82, 2.24) is 0 Å². The van der Waals surface area contributed by atoms with Crippen LogP contribution in [-0.2, 0) is 17.6 Å². The van der Waals surface area contributed by atoms with Gasteiger partial charge in [0, 0.05) is 16.3 Å². The summed E-state index contributed by atoms with van der Waals surface area (Å²) in [6.45, 7) is 6.31. The molecule has 0 fully saturated rings. The fourth-order valence-corrected chi connectivity index (χ4v) is 3.54. The maximum absolute atomic E-state index is 12.8. The number of carbonyl (C=O) groups excluding carboxylic acids is 1. The Kier molecular flexibility index (Phi) is 7.50. The van der Waals surface area contributed by atoms with Crippen molar-refractivity contribution in [2.45, 2.75) is 25.8 Å². The number of hydrogen-bond acceptors (Lipinski definition) is 3. The van der Waals surface area contributed by atoms with Gasteiger partial charge in [-0.15, -0.1) is 0 Å². The molecule has 0 bridgehead atoms. The van der Waals surface area contributed by atoms with Gasteiger partial charge in [-0.2, -0.15) is 0 Å². The number of nitrogens with two attached hydrogens (primary N) is 1. The smallest absolute Gasteiger partial charge is 0.241 e. The Bertz CT molecular complexity index is 1080. The summed E-state index contributed by atoms with van der Waals surface area (Å²) in [7, 11) is 1.62. The number of halogens is 1. The zero-order valence-electron chi connectivity index (χ0n) is 17.8. The van der Waals surface area contributed by atoms with Gasteiger partial charge in [-0.05, 0) is 65.4 Å². The minimum absolute atomic E-state index is 0.256. The van der Waals surface area contributed by atoms with Crippen LogP contribution < -0.4 is 15.8 Å². The lowest BCUT2D eigenvalue weighted by Crippen LogP contribution is -2.37. The van der Waals surface area contributed by atoms with Gasteiger partial charge in [0.25, 0.3) is 0 Å². The van der Waals surface area contributed by atoms with Crippen molar-refractivity contribution in [1.29, 1.82) is 0 Å². The number of anilines is 1. The number of hydrogen-bond donors (Lipinski definition) is 2. The fraction of sp³-hybridized carbons (Fsp3) is 0.192. The predicted molar refractivity (Wildman–Crippen MR) is 129 cm³/mol. The number of amides is 1. The van der Waals surface area contributed by atoms with Crippen LogP contribution in [0.15, 0.2) is 73.3 Å². The van der Waals surface area contributed by atoms with E-state index in [1.807, 2.05) is 36.4 Å². The highest BCUT2D eigenvalue weighted by atomic mass is 35.5. The molecular formula is C26H27ClN2O2. The Morgan fingerprint density at radius 1 is 1.10 bits per heavy atom. The van der Waals surface area contributed by atoms with Crippen LogP contribution in [0.1, 0.15) is 29.2 Å². The zero-order chi connectivity index (χ0) is 22.4. The van der Waals surface area contributed by atoms with Crippen LogP contribution in [0.2, 0.25) is 5.02 Å². The van der Waals surface area contributed by atoms with E-state index < -0.39 is 6.04 Å². The highest BCUT2D eigenvalue weighted by Gasteiger charge is 2.17. The molecule has 0 saturated carbocycles. The largest absolute Gasteiger partial charge is 0.497 e. The summed E-state index contributed by atoms with van der Waals surface area (Å²) >= 11 is 6.23. The number of carbonyl (C=O) groups is 1. The third-order valence-corrected chi connectivity index (χ3v) is 5.43. The highest BCUT2D eigenvalue weighted by Crippen LogP contribution is 2.31. The fourth-order valence-electron chi connectivity index (χ4n) is 3.37. The van der Waals surface area contributed by atoms with Crippen LogP contribution in [-0.4, -0.2) is 19.1 Å². The Balaban J connectivity index is 1.79. The molecule has 1 atom stereocenters. The maximum Gasteiger partial charge on any atom is 0.241 e. The Hall–Kier alpha value is -3.08. The first kappa shape index (κ1) is 22.6. The van der Waals surface area contributed by atoms with E-state index >= 15 is 0 Å². The van der Waals surface area contributed by atoms with Crippen molar-refractivity contribution in [3.05, 3.63) is 101 Å². The summed E-state index contributed by atoms with van der Waals surface area (Å²) in [5.74, 6) is 0.502. The molecular weight excluding hydrogens is 408 g/mol. The summed E-state index contributed by atoms with van der Waals surface area (Å²) < 4.78 is 5.22. The third-order valence-electron chi connectivity index (χ3n) is 5.20. The molecule has 3 N–H and O–H groups in total. The average molecular weight is 435 g/mol. The molecule has 4 nitrogen and oxygen atoms in total. The Morgan fingerprint density at radius 3 is 2.48 bits per heavy atom. The number of nitrogens with one attached hydrogen (secondary N) is 1. The van der Waals surface area contributed by atoms with Crippen LogP contribution in [0.4, 0.5) is 5.69 Å². The van der Waals surface area contributed by atoms with Gasteiger partial charge in [0.2, 0.25) is 5.91 Å². The van der Waals surface area contributed by atoms with Crippen molar-refractivity contribution in [3.63, 3.8) is 0 Å². The van der Waals surface area contributed by atoms with E-state index in [1.54, 1.807) is 25.3 Å². The van der Waals surface area contributed by atoms with E-state index in [1.165, 1.54) is 5.56 Å². The molecule has 1 unspecified atom stereocenters. The lowest BCUT2D eigenvalue weighted by molar-refractivity contribution is -0.117. The molecule has 0 radical (unpaired) electrons. The summed E-state index contributed by atoms with van der Waals surface area (Å²) in [5, 5.41) is 3.51. The summed E-state index contributed by atoms with van der Waals surface area (Å²) in [5.41, 5.74) is 11.5. The van der Waals surface area contributed by atoms with Crippen molar-refractivity contribution in [2.24, 2.45) is 5.73 Å². The van der Waals surface area contributed by atoms with E-state index in [0.29, 0.717) is 17.1 Å². The van der Waals surface area contributed by atoms with Crippen molar-refractivity contribution >= 4 is 28.8 Å². The minimum atomic E-state index is -0.676. The van der Waals surface area contributed by atoms with E-state index in [4.69, 9.17) is 22.1 Å². The molecule has 0 aliphatic rings. The first-order valence-corrected chi connectivity index (χ1v) is 10.6. The highest BCUT2D eigenvalue weighted by molar-refractivity contribution is 6.31. The molecule has 160 valence electrons. The molecule has 3 rings (SSSR count). The Labute approximate surface area is 188 Å². The number of rotatable bonds is 8. The Morgan fingerprint density at radius 2 is 1.81 bits per heavy atom. The summed E-state index contributed by atoms with van der Waals surface area (Å²) in [4.78, 5) is 12.8. The normalized spacial score (nSPS) is 11.6.